The Morgan fingerprint density at radius 1 is 0.718 bits per heavy atom. The topological polar surface area (TPSA) is 286 Å². The molecule has 21 heteroatoms. The number of ether oxygens (including phenoxy) is 3. The molecule has 402 valence electrons. The van der Waals surface area contributed by atoms with Gasteiger partial charge < -0.3 is 45.1 Å². The molecule has 1 aromatic rings. The second-order valence-corrected chi connectivity index (χ2v) is 20.1. The normalized spacial score (nSPS) is 19.7. The standard InChI is InChI=1S/C50H81N3O16P2/c1-2-3-4-5-6-7-8-9-13-16-19-22-25-28-31-34-45(55)64-39-42(67-46(56)35-32-29-26-23-20-17-14-11-10-12-15-18-21-24-27-30-33-38-54)40-65-70(60,61)69-71(62,63)66-41-43-47(57)48(58)49(68-43)53-37-36-44(51)52-50(53)59/h7-10,12-14,17-18,21,23,26,36-37,42-43,47-49,54,57-58H,2-6,11,15-16,19-20,22,24-25,27-35,38-41H2,1H3,(H,60,61)(H,62,63)(H2,51,52,59)/b8-7-,12-10-,13-9-,17-14-,21-18-,26-23-/t42-,43-,47-,48-,49-/m1/s1. The van der Waals surface area contributed by atoms with Crippen molar-refractivity contribution in [1.29, 1.82) is 0 Å². The summed E-state index contributed by atoms with van der Waals surface area (Å²) in [6, 6.07) is 1.24. The highest BCUT2D eigenvalue weighted by Gasteiger charge is 2.46. The first-order valence-corrected chi connectivity index (χ1v) is 28.1. The number of phosphoric acid groups is 2. The van der Waals surface area contributed by atoms with Gasteiger partial charge in [-0.2, -0.15) is 9.29 Å². The largest absolute Gasteiger partial charge is 0.481 e. The van der Waals surface area contributed by atoms with E-state index in [2.05, 4.69) is 70.9 Å². The van der Waals surface area contributed by atoms with Gasteiger partial charge in [0.1, 0.15) is 30.7 Å². The maximum absolute atomic E-state index is 12.8. The second-order valence-electron chi connectivity index (χ2n) is 17.1. The van der Waals surface area contributed by atoms with E-state index in [-0.39, 0.29) is 25.3 Å². The van der Waals surface area contributed by atoms with Crippen LogP contribution in [0.25, 0.3) is 0 Å². The fourth-order valence-corrected chi connectivity index (χ4v) is 9.03. The number of carbonyl (C=O) groups excluding carboxylic acids is 2. The lowest BCUT2D eigenvalue weighted by atomic mass is 10.1. The first kappa shape index (κ1) is 63.3. The van der Waals surface area contributed by atoms with Crippen LogP contribution in [-0.4, -0.2) is 97.4 Å². The van der Waals surface area contributed by atoms with E-state index in [1.165, 1.54) is 31.7 Å². The lowest BCUT2D eigenvalue weighted by molar-refractivity contribution is -0.161. The molecule has 0 aliphatic carbocycles. The van der Waals surface area contributed by atoms with Crippen molar-refractivity contribution in [3.05, 3.63) is 95.7 Å². The molecular weight excluding hydrogens is 961 g/mol. The summed E-state index contributed by atoms with van der Waals surface area (Å²) in [7, 11) is -10.9. The number of nitrogens with zero attached hydrogens (tertiary/aromatic N) is 2. The molecule has 19 nitrogen and oxygen atoms in total. The van der Waals surface area contributed by atoms with Crippen LogP contribution in [0.1, 0.15) is 154 Å². The number of esters is 2. The van der Waals surface area contributed by atoms with Gasteiger partial charge in [-0.3, -0.25) is 23.2 Å². The summed E-state index contributed by atoms with van der Waals surface area (Å²) in [5.74, 6) is -1.41. The predicted molar refractivity (Wildman–Crippen MR) is 271 cm³/mol. The van der Waals surface area contributed by atoms with Crippen LogP contribution in [0, 0.1) is 0 Å². The Kier molecular flexibility index (Phi) is 34.5. The van der Waals surface area contributed by atoms with Crippen LogP contribution in [0.3, 0.4) is 0 Å². The highest BCUT2D eigenvalue weighted by atomic mass is 31.3. The minimum absolute atomic E-state index is 0.0424. The van der Waals surface area contributed by atoms with Crippen LogP contribution in [0.5, 0.6) is 0 Å². The van der Waals surface area contributed by atoms with Crippen molar-refractivity contribution in [2.45, 2.75) is 179 Å². The number of allylic oxidation sites excluding steroid dienone is 12. The molecule has 7 atom stereocenters. The number of unbranched alkanes of at least 4 members (excludes halogenated alkanes) is 13. The minimum Gasteiger partial charge on any atom is -0.462 e. The fourth-order valence-electron chi connectivity index (χ4n) is 6.92. The van der Waals surface area contributed by atoms with Crippen molar-refractivity contribution >= 4 is 33.4 Å². The van der Waals surface area contributed by atoms with Crippen molar-refractivity contribution in [2.75, 3.05) is 32.2 Å². The van der Waals surface area contributed by atoms with Crippen molar-refractivity contribution in [1.82, 2.24) is 9.55 Å². The van der Waals surface area contributed by atoms with E-state index in [9.17, 15) is 43.5 Å². The maximum Gasteiger partial charge on any atom is 0.481 e. The third-order valence-corrected chi connectivity index (χ3v) is 13.4. The summed E-state index contributed by atoms with van der Waals surface area (Å²) in [6.45, 7) is 0.0556. The molecule has 1 fully saturated rings. The molecule has 71 heavy (non-hydrogen) atoms. The van der Waals surface area contributed by atoms with Gasteiger partial charge in [-0.15, -0.1) is 0 Å². The lowest BCUT2D eigenvalue weighted by Gasteiger charge is -2.21. The van der Waals surface area contributed by atoms with Gasteiger partial charge in [0.2, 0.25) is 0 Å². The number of aliphatic hydroxyl groups is 3. The van der Waals surface area contributed by atoms with E-state index in [0.29, 0.717) is 25.7 Å². The zero-order chi connectivity index (χ0) is 52.0. The quantitative estimate of drug-likeness (QED) is 0.0117. The zero-order valence-corrected chi connectivity index (χ0v) is 43.2. The molecule has 1 aromatic heterocycles. The van der Waals surface area contributed by atoms with E-state index < -0.39 is 83.7 Å². The number of anilines is 1. The number of aromatic nitrogens is 2. The van der Waals surface area contributed by atoms with E-state index in [0.717, 1.165) is 87.8 Å². The van der Waals surface area contributed by atoms with Gasteiger partial charge in [-0.05, 0) is 89.5 Å². The van der Waals surface area contributed by atoms with Crippen molar-refractivity contribution < 1.29 is 71.4 Å². The third kappa shape index (κ3) is 31.4. The number of carbonyl (C=O) groups is 2. The van der Waals surface area contributed by atoms with Crippen molar-refractivity contribution in [3.8, 4) is 0 Å². The Balaban J connectivity index is 1.84. The van der Waals surface area contributed by atoms with Gasteiger partial charge in [-0.1, -0.05) is 125 Å². The summed E-state index contributed by atoms with van der Waals surface area (Å²) in [4.78, 5) is 61.8. The average molecular weight is 1040 g/mol. The van der Waals surface area contributed by atoms with Gasteiger partial charge in [-0.25, -0.2) is 13.9 Å². The molecule has 2 rings (SSSR count). The van der Waals surface area contributed by atoms with Crippen LogP contribution in [-0.2, 0) is 46.3 Å². The highest BCUT2D eigenvalue weighted by molar-refractivity contribution is 7.61. The van der Waals surface area contributed by atoms with Crippen molar-refractivity contribution in [3.63, 3.8) is 0 Å². The molecule has 7 N–H and O–H groups in total. The average Bonchev–Trinajstić information content (AvgIpc) is 3.61. The third-order valence-electron chi connectivity index (χ3n) is 10.8. The molecule has 0 radical (unpaired) electrons. The molecule has 1 aliphatic heterocycles. The number of nitrogens with two attached hydrogens (primary N) is 1. The summed E-state index contributed by atoms with van der Waals surface area (Å²) >= 11 is 0. The van der Waals surface area contributed by atoms with Crippen molar-refractivity contribution in [2.24, 2.45) is 0 Å². The first-order valence-electron chi connectivity index (χ1n) is 25.1. The molecule has 1 saturated heterocycles. The Labute approximate surface area is 419 Å². The molecule has 1 aliphatic rings. The lowest BCUT2D eigenvalue weighted by Crippen LogP contribution is -2.36. The molecule has 0 aromatic carbocycles. The molecule has 0 saturated carbocycles. The second kappa shape index (κ2) is 38.7. The van der Waals surface area contributed by atoms with Crippen LogP contribution in [0.4, 0.5) is 5.82 Å². The molecule has 0 bridgehead atoms. The van der Waals surface area contributed by atoms with Gasteiger partial charge in [0.15, 0.2) is 12.3 Å². The molecule has 0 amide bonds. The van der Waals surface area contributed by atoms with E-state index in [4.69, 9.17) is 34.1 Å². The Morgan fingerprint density at radius 2 is 1.25 bits per heavy atom. The number of hydrogen-bond donors (Lipinski definition) is 6. The number of hydrogen-bond acceptors (Lipinski definition) is 16. The van der Waals surface area contributed by atoms with Crippen LogP contribution < -0.4 is 11.4 Å². The summed E-state index contributed by atoms with van der Waals surface area (Å²) < 4.78 is 56.6. The maximum atomic E-state index is 12.8. The van der Waals surface area contributed by atoms with E-state index >= 15 is 0 Å². The summed E-state index contributed by atoms with van der Waals surface area (Å²) in [5, 5.41) is 29.7. The Hall–Kier alpha value is -3.84. The first-order chi connectivity index (χ1) is 34.2. The van der Waals surface area contributed by atoms with Crippen LogP contribution in [0.15, 0.2) is 90.0 Å². The molecule has 0 spiro atoms. The van der Waals surface area contributed by atoms with E-state index in [1.807, 2.05) is 18.2 Å². The summed E-state index contributed by atoms with van der Waals surface area (Å²) in [5.41, 5.74) is 4.58. The number of nitrogen functional groups attached to an aromatic ring is 1. The highest BCUT2D eigenvalue weighted by Crippen LogP contribution is 2.60. The van der Waals surface area contributed by atoms with Crippen LogP contribution >= 0.6 is 15.6 Å². The predicted octanol–water partition coefficient (Wildman–Crippen LogP) is 9.08. The number of aliphatic hydroxyl groups excluding tert-OH is 3. The van der Waals surface area contributed by atoms with Gasteiger partial charge >= 0.3 is 33.3 Å². The molecular formula is C50H81N3O16P2. The SMILES string of the molecule is CCCCCC/C=C\C=C/CCCCCCCC(=O)OC[C@H](COP(=O)(O)OP(=O)(O)OC[C@H]1O[C@@H](n2ccc(N)nc2=O)[C@H](O)[C@@H]1O)OC(=O)CCC/C=C\C/C=C\C/C=C\C/C=C\CCCCCO. The fraction of sp³-hybridized carbons (Fsp3) is 0.640. The number of phosphoric ester groups is 2. The monoisotopic (exact) mass is 1040 g/mol. The van der Waals surface area contributed by atoms with Crippen LogP contribution in [0.2, 0.25) is 0 Å². The Morgan fingerprint density at radius 3 is 1.87 bits per heavy atom. The number of rotatable bonds is 41. The van der Waals surface area contributed by atoms with E-state index in [1.54, 1.807) is 0 Å². The Bertz CT molecular complexity index is 1970. The summed E-state index contributed by atoms with van der Waals surface area (Å²) in [6.07, 6.45) is 37.2. The molecule has 2 heterocycles. The zero-order valence-electron chi connectivity index (χ0n) is 41.4. The van der Waals surface area contributed by atoms with Gasteiger partial charge in [0.05, 0.1) is 13.2 Å². The smallest absolute Gasteiger partial charge is 0.462 e. The minimum atomic E-state index is -5.45. The molecule has 2 unspecified atom stereocenters. The van der Waals surface area contributed by atoms with Gasteiger partial charge in [0.25, 0.3) is 0 Å². The van der Waals surface area contributed by atoms with Gasteiger partial charge in [0, 0.05) is 25.6 Å².